The molecule has 0 bridgehead atoms. The third-order valence-electron chi connectivity index (χ3n) is 5.90. The van der Waals surface area contributed by atoms with Crippen LogP contribution in [0.15, 0.2) is 4.99 Å². The van der Waals surface area contributed by atoms with Crippen molar-refractivity contribution in [2.75, 3.05) is 46.3 Å². The van der Waals surface area contributed by atoms with Crippen molar-refractivity contribution in [1.29, 1.82) is 0 Å². The fourth-order valence-corrected chi connectivity index (χ4v) is 3.93. The molecule has 2 heterocycles. The average molecular weight is 381 g/mol. The molecule has 154 valence electrons. The summed E-state index contributed by atoms with van der Waals surface area (Å²) in [5, 5.41) is 6.18. The van der Waals surface area contributed by atoms with Crippen molar-refractivity contribution in [3.8, 4) is 0 Å². The SMILES string of the molecule is CCN(CC)C1CCN(C(=NC)NCCCN2C(=O)NC(C)(CC)C2=O)C1. The summed E-state index contributed by atoms with van der Waals surface area (Å²) in [6, 6.07) is 0.298. The summed E-state index contributed by atoms with van der Waals surface area (Å²) < 4.78 is 0. The first-order valence-electron chi connectivity index (χ1n) is 10.2. The molecular formula is C19H36N6O2. The third kappa shape index (κ3) is 4.72. The van der Waals surface area contributed by atoms with Crippen molar-refractivity contribution in [2.24, 2.45) is 4.99 Å². The molecule has 0 aromatic carbocycles. The minimum absolute atomic E-state index is 0.124. The van der Waals surface area contributed by atoms with Gasteiger partial charge in [-0.3, -0.25) is 19.6 Å². The molecule has 2 rings (SSSR count). The van der Waals surface area contributed by atoms with Gasteiger partial charge in [-0.05, 0) is 39.3 Å². The minimum atomic E-state index is -0.754. The van der Waals surface area contributed by atoms with Crippen molar-refractivity contribution in [3.05, 3.63) is 0 Å². The number of carbonyl (C=O) groups is 2. The minimum Gasteiger partial charge on any atom is -0.356 e. The van der Waals surface area contributed by atoms with Crippen LogP contribution >= 0.6 is 0 Å². The van der Waals surface area contributed by atoms with Gasteiger partial charge in [0.1, 0.15) is 5.54 Å². The number of rotatable bonds is 8. The number of aliphatic imine (C=N–C) groups is 1. The van der Waals surface area contributed by atoms with E-state index in [9.17, 15) is 9.59 Å². The zero-order chi connectivity index (χ0) is 20.0. The van der Waals surface area contributed by atoms with E-state index >= 15 is 0 Å². The molecule has 0 aliphatic carbocycles. The molecule has 2 aliphatic rings. The smallest absolute Gasteiger partial charge is 0.325 e. The Labute approximate surface area is 163 Å². The summed E-state index contributed by atoms with van der Waals surface area (Å²) in [6.07, 6.45) is 2.45. The molecule has 0 spiro atoms. The molecule has 0 aromatic heterocycles. The molecule has 2 fully saturated rings. The number of amides is 3. The van der Waals surface area contributed by atoms with Crippen molar-refractivity contribution in [2.45, 2.75) is 58.5 Å². The number of likely N-dealkylation sites (tertiary alicyclic amines) is 1. The second-order valence-corrected chi connectivity index (χ2v) is 7.51. The highest BCUT2D eigenvalue weighted by Gasteiger charge is 2.45. The van der Waals surface area contributed by atoms with Crippen molar-refractivity contribution < 1.29 is 9.59 Å². The fourth-order valence-electron chi connectivity index (χ4n) is 3.93. The van der Waals surface area contributed by atoms with Crippen molar-refractivity contribution in [1.82, 2.24) is 25.3 Å². The van der Waals surface area contributed by atoms with Crippen LogP contribution in [0.25, 0.3) is 0 Å². The Bertz CT molecular complexity index is 562. The van der Waals surface area contributed by atoms with Crippen LogP contribution in [0.1, 0.15) is 47.0 Å². The second kappa shape index (κ2) is 9.39. The highest BCUT2D eigenvalue weighted by Crippen LogP contribution is 2.20. The van der Waals surface area contributed by atoms with E-state index in [-0.39, 0.29) is 11.9 Å². The maximum absolute atomic E-state index is 12.4. The Morgan fingerprint density at radius 1 is 1.33 bits per heavy atom. The summed E-state index contributed by atoms with van der Waals surface area (Å²) in [5.41, 5.74) is -0.754. The molecule has 3 amide bonds. The van der Waals surface area contributed by atoms with E-state index in [0.29, 0.717) is 32.0 Å². The van der Waals surface area contributed by atoms with Crippen LogP contribution in [-0.4, -0.2) is 90.5 Å². The monoisotopic (exact) mass is 380 g/mol. The standard InChI is InChI=1S/C19H36N6O2/c1-6-19(4)16(26)25(18(27)22-19)12-9-11-21-17(20-5)24-13-10-15(14-24)23(7-2)8-3/h15H,6-14H2,1-5H3,(H,20,21)(H,22,27). The van der Waals surface area contributed by atoms with Gasteiger partial charge < -0.3 is 15.5 Å². The lowest BCUT2D eigenvalue weighted by molar-refractivity contribution is -0.130. The highest BCUT2D eigenvalue weighted by molar-refractivity contribution is 6.06. The van der Waals surface area contributed by atoms with Gasteiger partial charge in [-0.2, -0.15) is 0 Å². The van der Waals surface area contributed by atoms with Gasteiger partial charge >= 0.3 is 6.03 Å². The zero-order valence-corrected chi connectivity index (χ0v) is 17.5. The Morgan fingerprint density at radius 3 is 2.59 bits per heavy atom. The summed E-state index contributed by atoms with van der Waals surface area (Å²) >= 11 is 0. The Kier molecular flexibility index (Phi) is 7.47. The van der Waals surface area contributed by atoms with E-state index in [2.05, 4.69) is 39.3 Å². The lowest BCUT2D eigenvalue weighted by atomic mass is 9.99. The van der Waals surface area contributed by atoms with Crippen LogP contribution in [0.2, 0.25) is 0 Å². The number of hydrogen-bond donors (Lipinski definition) is 2. The molecular weight excluding hydrogens is 344 g/mol. The maximum Gasteiger partial charge on any atom is 0.325 e. The number of likely N-dealkylation sites (N-methyl/N-ethyl adjacent to an activating group) is 1. The molecule has 2 N–H and O–H groups in total. The predicted molar refractivity (Wildman–Crippen MR) is 108 cm³/mol. The normalized spacial score (nSPS) is 26.3. The number of nitrogens with one attached hydrogen (secondary N) is 2. The third-order valence-corrected chi connectivity index (χ3v) is 5.90. The number of carbonyl (C=O) groups excluding carboxylic acids is 2. The summed E-state index contributed by atoms with van der Waals surface area (Å²) in [5.74, 6) is 0.779. The molecule has 2 unspecified atom stereocenters. The largest absolute Gasteiger partial charge is 0.356 e. The van der Waals surface area contributed by atoms with Gasteiger partial charge in [0.25, 0.3) is 5.91 Å². The molecule has 27 heavy (non-hydrogen) atoms. The van der Waals surface area contributed by atoms with Crippen LogP contribution in [-0.2, 0) is 4.79 Å². The maximum atomic E-state index is 12.4. The number of hydrogen-bond acceptors (Lipinski definition) is 4. The van der Waals surface area contributed by atoms with E-state index in [1.165, 1.54) is 4.90 Å². The second-order valence-electron chi connectivity index (χ2n) is 7.51. The molecule has 0 saturated carbocycles. The summed E-state index contributed by atoms with van der Waals surface area (Å²) in [6.45, 7) is 13.4. The number of imide groups is 1. The zero-order valence-electron chi connectivity index (χ0n) is 17.5. The Morgan fingerprint density at radius 2 is 2.04 bits per heavy atom. The fraction of sp³-hybridized carbons (Fsp3) is 0.842. The Hall–Kier alpha value is -1.83. The van der Waals surface area contributed by atoms with Gasteiger partial charge in [-0.15, -0.1) is 0 Å². The van der Waals surface area contributed by atoms with Gasteiger partial charge in [-0.25, -0.2) is 4.79 Å². The molecule has 8 heteroatoms. The molecule has 2 atom stereocenters. The van der Waals surface area contributed by atoms with Crippen LogP contribution in [0.4, 0.5) is 4.79 Å². The van der Waals surface area contributed by atoms with Crippen LogP contribution in [0.3, 0.4) is 0 Å². The summed E-state index contributed by atoms with van der Waals surface area (Å²) in [7, 11) is 1.80. The predicted octanol–water partition coefficient (Wildman–Crippen LogP) is 1.09. The molecule has 2 aliphatic heterocycles. The van der Waals surface area contributed by atoms with Gasteiger partial charge in [0.05, 0.1) is 0 Å². The van der Waals surface area contributed by atoms with Gasteiger partial charge in [0.2, 0.25) is 0 Å². The molecule has 0 aromatic rings. The summed E-state index contributed by atoms with van der Waals surface area (Å²) in [4.78, 5) is 35.0. The van der Waals surface area contributed by atoms with E-state index in [0.717, 1.165) is 38.6 Å². The average Bonchev–Trinajstić information content (AvgIpc) is 3.22. The van der Waals surface area contributed by atoms with Gasteiger partial charge in [-0.1, -0.05) is 20.8 Å². The van der Waals surface area contributed by atoms with E-state index in [1.54, 1.807) is 14.0 Å². The van der Waals surface area contributed by atoms with Crippen LogP contribution in [0.5, 0.6) is 0 Å². The van der Waals surface area contributed by atoms with Crippen LogP contribution in [0, 0.1) is 0 Å². The number of nitrogens with zero attached hydrogens (tertiary/aromatic N) is 4. The van der Waals surface area contributed by atoms with E-state index in [1.807, 2.05) is 6.92 Å². The van der Waals surface area contributed by atoms with Gasteiger partial charge in [0, 0.05) is 39.3 Å². The first-order chi connectivity index (χ1) is 12.9. The quantitative estimate of drug-likeness (QED) is 0.285. The first-order valence-corrected chi connectivity index (χ1v) is 10.2. The van der Waals surface area contributed by atoms with E-state index < -0.39 is 5.54 Å². The Balaban J connectivity index is 1.78. The topological polar surface area (TPSA) is 80.3 Å². The first kappa shape index (κ1) is 21.5. The molecule has 0 radical (unpaired) electrons. The van der Waals surface area contributed by atoms with Crippen molar-refractivity contribution >= 4 is 17.9 Å². The van der Waals surface area contributed by atoms with Gasteiger partial charge in [0.15, 0.2) is 5.96 Å². The lowest BCUT2D eigenvalue weighted by Gasteiger charge is -2.27. The lowest BCUT2D eigenvalue weighted by Crippen LogP contribution is -2.44. The number of guanidine groups is 1. The van der Waals surface area contributed by atoms with Crippen LogP contribution < -0.4 is 10.6 Å². The molecule has 8 nitrogen and oxygen atoms in total. The van der Waals surface area contributed by atoms with Crippen molar-refractivity contribution in [3.63, 3.8) is 0 Å². The van der Waals surface area contributed by atoms with E-state index in [4.69, 9.17) is 0 Å². The molecule has 2 saturated heterocycles. The highest BCUT2D eigenvalue weighted by atomic mass is 16.2. The number of urea groups is 1.